The Labute approximate surface area is 165 Å². The van der Waals surface area contributed by atoms with Gasteiger partial charge in [-0.15, -0.1) is 0 Å². The van der Waals surface area contributed by atoms with Crippen LogP contribution in [-0.4, -0.2) is 32.7 Å². The summed E-state index contributed by atoms with van der Waals surface area (Å²) < 4.78 is 15.2. The SMILES string of the molecule is CC(C)C(O)C[C@]1(CO)CCC2=Cc3c(cnn3-c3ccc(F)cc3)C[C@@]21C. The molecule has 28 heavy (non-hydrogen) atoms. The van der Waals surface area contributed by atoms with Crippen LogP contribution in [0.15, 0.2) is 36.0 Å². The van der Waals surface area contributed by atoms with Gasteiger partial charge in [-0.25, -0.2) is 9.07 Å². The van der Waals surface area contributed by atoms with E-state index in [-0.39, 0.29) is 29.2 Å². The van der Waals surface area contributed by atoms with E-state index < -0.39 is 6.10 Å². The van der Waals surface area contributed by atoms with Crippen molar-refractivity contribution in [2.75, 3.05) is 6.61 Å². The number of allylic oxidation sites excluding steroid dienone is 1. The first-order chi connectivity index (χ1) is 13.3. The average Bonchev–Trinajstić information content (AvgIpc) is 3.19. The lowest BCUT2D eigenvalue weighted by molar-refractivity contribution is -0.0254. The maximum Gasteiger partial charge on any atom is 0.123 e. The van der Waals surface area contributed by atoms with Crippen LogP contribution in [0.1, 0.15) is 51.3 Å². The standard InChI is InChI=1S/C23H29FN2O2/c1-15(2)21(28)12-23(14-27)9-8-17-10-20-16(11-22(17,23)3)13-25-26(20)19-6-4-18(24)5-7-19/h4-7,10,13,15,21,27-28H,8-9,11-12,14H2,1-3H3/t21?,22-,23-/m0/s1. The van der Waals surface area contributed by atoms with Gasteiger partial charge in [0.15, 0.2) is 0 Å². The van der Waals surface area contributed by atoms with Crippen molar-refractivity contribution in [3.63, 3.8) is 0 Å². The largest absolute Gasteiger partial charge is 0.396 e. The van der Waals surface area contributed by atoms with Gasteiger partial charge in [-0.1, -0.05) is 26.3 Å². The number of fused-ring (bicyclic) bond motifs is 2. The predicted molar refractivity (Wildman–Crippen MR) is 108 cm³/mol. The highest BCUT2D eigenvalue weighted by Gasteiger charge is 2.56. The van der Waals surface area contributed by atoms with Crippen LogP contribution >= 0.6 is 0 Å². The number of aromatic nitrogens is 2. The summed E-state index contributed by atoms with van der Waals surface area (Å²) in [5.41, 5.74) is 3.81. The summed E-state index contributed by atoms with van der Waals surface area (Å²) >= 11 is 0. The van der Waals surface area contributed by atoms with E-state index in [1.807, 2.05) is 24.7 Å². The molecule has 150 valence electrons. The second-order valence-electron chi connectivity index (χ2n) is 9.08. The summed E-state index contributed by atoms with van der Waals surface area (Å²) in [7, 11) is 0. The summed E-state index contributed by atoms with van der Waals surface area (Å²) in [5, 5.41) is 25.6. The summed E-state index contributed by atoms with van der Waals surface area (Å²) in [6, 6.07) is 6.37. The van der Waals surface area contributed by atoms with Crippen molar-refractivity contribution in [1.82, 2.24) is 9.78 Å². The van der Waals surface area contributed by atoms with Gasteiger partial charge in [0.25, 0.3) is 0 Å². The highest BCUT2D eigenvalue weighted by Crippen LogP contribution is 2.62. The number of aliphatic hydroxyl groups is 2. The molecule has 2 aliphatic carbocycles. The summed E-state index contributed by atoms with van der Waals surface area (Å²) in [4.78, 5) is 0. The molecule has 2 aliphatic rings. The van der Waals surface area contributed by atoms with Gasteiger partial charge >= 0.3 is 0 Å². The van der Waals surface area contributed by atoms with Crippen molar-refractivity contribution in [3.8, 4) is 5.69 Å². The topological polar surface area (TPSA) is 58.3 Å². The molecule has 0 saturated heterocycles. The number of hydrogen-bond acceptors (Lipinski definition) is 3. The van der Waals surface area contributed by atoms with E-state index in [2.05, 4.69) is 18.1 Å². The molecule has 0 spiro atoms. The Morgan fingerprint density at radius 3 is 2.61 bits per heavy atom. The van der Waals surface area contributed by atoms with Gasteiger partial charge in [-0.05, 0) is 67.5 Å². The van der Waals surface area contributed by atoms with Crippen LogP contribution in [0.25, 0.3) is 11.8 Å². The third-order valence-electron chi connectivity index (χ3n) is 7.24. The molecule has 1 aromatic carbocycles. The molecular weight excluding hydrogens is 355 g/mol. The molecule has 5 heteroatoms. The van der Waals surface area contributed by atoms with E-state index in [1.54, 1.807) is 12.1 Å². The number of halogens is 1. The fourth-order valence-electron chi connectivity index (χ4n) is 5.10. The molecule has 2 aromatic rings. The molecule has 0 bridgehead atoms. The zero-order valence-corrected chi connectivity index (χ0v) is 16.8. The molecule has 4 rings (SSSR count). The fraction of sp³-hybridized carbons (Fsp3) is 0.522. The Hall–Kier alpha value is -1.98. The van der Waals surface area contributed by atoms with Gasteiger partial charge < -0.3 is 10.2 Å². The molecule has 1 aromatic heterocycles. The summed E-state index contributed by atoms with van der Waals surface area (Å²) in [5.74, 6) is -0.0941. The first kappa shape index (κ1) is 19.3. The zero-order valence-electron chi connectivity index (χ0n) is 16.8. The van der Waals surface area contributed by atoms with Gasteiger partial charge in [-0.2, -0.15) is 5.10 Å². The quantitative estimate of drug-likeness (QED) is 0.815. The van der Waals surface area contributed by atoms with Gasteiger partial charge in [0.1, 0.15) is 5.82 Å². The Balaban J connectivity index is 1.72. The van der Waals surface area contributed by atoms with Crippen molar-refractivity contribution in [3.05, 3.63) is 53.1 Å². The van der Waals surface area contributed by atoms with Gasteiger partial charge in [0, 0.05) is 17.4 Å². The average molecular weight is 384 g/mol. The minimum absolute atomic E-state index is 0.0754. The normalized spacial score (nSPS) is 27.5. The third kappa shape index (κ3) is 2.83. The lowest BCUT2D eigenvalue weighted by atomic mass is 9.59. The molecular formula is C23H29FN2O2. The van der Waals surface area contributed by atoms with Crippen LogP contribution in [0.3, 0.4) is 0 Å². The smallest absolute Gasteiger partial charge is 0.123 e. The minimum atomic E-state index is -0.424. The fourth-order valence-corrected chi connectivity index (χ4v) is 5.10. The predicted octanol–water partition coefficient (Wildman–Crippen LogP) is 4.14. The molecule has 0 aliphatic heterocycles. The minimum Gasteiger partial charge on any atom is -0.396 e. The van der Waals surface area contributed by atoms with Crippen LogP contribution < -0.4 is 0 Å². The Morgan fingerprint density at radius 1 is 1.25 bits per heavy atom. The zero-order chi connectivity index (χ0) is 20.1. The molecule has 4 nitrogen and oxygen atoms in total. The first-order valence-electron chi connectivity index (χ1n) is 10.1. The van der Waals surface area contributed by atoms with Crippen molar-refractivity contribution < 1.29 is 14.6 Å². The highest BCUT2D eigenvalue weighted by molar-refractivity contribution is 5.62. The molecule has 1 saturated carbocycles. The van der Waals surface area contributed by atoms with Crippen molar-refractivity contribution in [2.24, 2.45) is 16.7 Å². The van der Waals surface area contributed by atoms with Crippen molar-refractivity contribution >= 4 is 6.08 Å². The van der Waals surface area contributed by atoms with E-state index in [0.717, 1.165) is 36.2 Å². The molecule has 0 radical (unpaired) electrons. The van der Waals surface area contributed by atoms with Crippen LogP contribution in [0.4, 0.5) is 4.39 Å². The lowest BCUT2D eigenvalue weighted by Crippen LogP contribution is -2.45. The maximum absolute atomic E-state index is 13.3. The van der Waals surface area contributed by atoms with Gasteiger partial charge in [0.05, 0.1) is 23.7 Å². The monoisotopic (exact) mass is 384 g/mol. The van der Waals surface area contributed by atoms with E-state index >= 15 is 0 Å². The Kier molecular flexibility index (Phi) is 4.71. The van der Waals surface area contributed by atoms with E-state index in [0.29, 0.717) is 6.42 Å². The molecule has 3 atom stereocenters. The van der Waals surface area contributed by atoms with Gasteiger partial charge in [0.2, 0.25) is 0 Å². The molecule has 1 fully saturated rings. The van der Waals surface area contributed by atoms with Crippen molar-refractivity contribution in [2.45, 2.75) is 52.6 Å². The van der Waals surface area contributed by atoms with Crippen LogP contribution in [0.2, 0.25) is 0 Å². The highest BCUT2D eigenvalue weighted by atomic mass is 19.1. The number of aliphatic hydroxyl groups excluding tert-OH is 2. The van der Waals surface area contributed by atoms with E-state index in [9.17, 15) is 14.6 Å². The molecule has 1 heterocycles. The molecule has 2 N–H and O–H groups in total. The van der Waals surface area contributed by atoms with Crippen LogP contribution in [0.5, 0.6) is 0 Å². The molecule has 0 amide bonds. The number of benzene rings is 1. The Bertz CT molecular complexity index is 902. The van der Waals surface area contributed by atoms with Crippen molar-refractivity contribution in [1.29, 1.82) is 0 Å². The van der Waals surface area contributed by atoms with Gasteiger partial charge in [-0.3, -0.25) is 0 Å². The second-order valence-corrected chi connectivity index (χ2v) is 9.08. The van der Waals surface area contributed by atoms with Crippen LogP contribution in [-0.2, 0) is 6.42 Å². The van der Waals surface area contributed by atoms with E-state index in [1.165, 1.54) is 17.7 Å². The number of rotatable bonds is 5. The second kappa shape index (κ2) is 6.82. The first-order valence-corrected chi connectivity index (χ1v) is 10.1. The van der Waals surface area contributed by atoms with Crippen LogP contribution in [0, 0.1) is 22.6 Å². The Morgan fingerprint density at radius 2 is 1.96 bits per heavy atom. The lowest BCUT2D eigenvalue weighted by Gasteiger charge is -2.46. The summed E-state index contributed by atoms with van der Waals surface area (Å²) in [6.07, 6.45) is 6.86. The summed E-state index contributed by atoms with van der Waals surface area (Å²) in [6.45, 7) is 6.35. The number of hydrogen-bond donors (Lipinski definition) is 2. The maximum atomic E-state index is 13.3. The third-order valence-corrected chi connectivity index (χ3v) is 7.24. The number of nitrogens with zero attached hydrogens (tertiary/aromatic N) is 2. The van der Waals surface area contributed by atoms with E-state index in [4.69, 9.17) is 0 Å². The molecule has 1 unspecified atom stereocenters.